The monoisotopic (exact) mass is 195 g/mol. The van der Waals surface area contributed by atoms with E-state index in [0.717, 1.165) is 12.8 Å². The average Bonchev–Trinajstić information content (AvgIpc) is 2.03. The van der Waals surface area contributed by atoms with E-state index in [1.807, 2.05) is 0 Å². The zero-order chi connectivity index (χ0) is 9.90. The summed E-state index contributed by atoms with van der Waals surface area (Å²) in [4.78, 5) is 0. The molecule has 0 aromatic rings. The SMILES string of the molecule is NCC1CCC(CC(F)(F)F)CC1. The molecule has 0 unspecified atom stereocenters. The van der Waals surface area contributed by atoms with E-state index in [-0.39, 0.29) is 5.92 Å². The van der Waals surface area contributed by atoms with Crippen LogP contribution in [0.1, 0.15) is 32.1 Å². The first-order valence-corrected chi connectivity index (χ1v) is 4.78. The number of halogens is 3. The Morgan fingerprint density at radius 2 is 1.46 bits per heavy atom. The van der Waals surface area contributed by atoms with Crippen LogP contribution in [0.2, 0.25) is 0 Å². The Kier molecular flexibility index (Phi) is 3.59. The first-order chi connectivity index (χ1) is 6.01. The van der Waals surface area contributed by atoms with Crippen LogP contribution in [0.4, 0.5) is 13.2 Å². The highest BCUT2D eigenvalue weighted by Crippen LogP contribution is 2.35. The van der Waals surface area contributed by atoms with Gasteiger partial charge in [-0.2, -0.15) is 13.2 Å². The molecule has 1 nitrogen and oxygen atoms in total. The lowest BCUT2D eigenvalue weighted by Crippen LogP contribution is -2.24. The third-order valence-corrected chi connectivity index (χ3v) is 2.82. The van der Waals surface area contributed by atoms with Crippen molar-refractivity contribution in [2.24, 2.45) is 17.6 Å². The maximum atomic E-state index is 12.0. The van der Waals surface area contributed by atoms with Gasteiger partial charge in [-0.05, 0) is 44.1 Å². The van der Waals surface area contributed by atoms with Crippen LogP contribution in [0.3, 0.4) is 0 Å². The fourth-order valence-corrected chi connectivity index (χ4v) is 2.00. The Bertz CT molecular complexity index is 147. The van der Waals surface area contributed by atoms with Gasteiger partial charge in [0, 0.05) is 6.42 Å². The molecule has 0 aliphatic heterocycles. The van der Waals surface area contributed by atoms with E-state index >= 15 is 0 Å². The van der Waals surface area contributed by atoms with E-state index in [1.165, 1.54) is 0 Å². The molecular weight excluding hydrogens is 179 g/mol. The molecule has 0 radical (unpaired) electrons. The van der Waals surface area contributed by atoms with Crippen LogP contribution in [-0.2, 0) is 0 Å². The summed E-state index contributed by atoms with van der Waals surface area (Å²) in [7, 11) is 0. The summed E-state index contributed by atoms with van der Waals surface area (Å²) in [6.07, 6.45) is -1.46. The Morgan fingerprint density at radius 3 is 1.85 bits per heavy atom. The Balaban J connectivity index is 2.25. The second kappa shape index (κ2) is 4.31. The minimum atomic E-state index is -3.99. The van der Waals surface area contributed by atoms with Crippen LogP contribution in [0, 0.1) is 11.8 Å². The van der Waals surface area contributed by atoms with Crippen molar-refractivity contribution in [1.82, 2.24) is 0 Å². The molecule has 2 N–H and O–H groups in total. The molecule has 1 fully saturated rings. The highest BCUT2D eigenvalue weighted by molar-refractivity contribution is 4.74. The second-order valence-electron chi connectivity index (χ2n) is 3.94. The highest BCUT2D eigenvalue weighted by atomic mass is 19.4. The molecule has 1 aliphatic carbocycles. The first kappa shape index (κ1) is 10.8. The lowest BCUT2D eigenvalue weighted by molar-refractivity contribution is -0.147. The van der Waals surface area contributed by atoms with E-state index < -0.39 is 12.6 Å². The van der Waals surface area contributed by atoms with E-state index in [9.17, 15) is 13.2 Å². The second-order valence-corrected chi connectivity index (χ2v) is 3.94. The molecule has 0 amide bonds. The molecule has 0 heterocycles. The van der Waals surface area contributed by atoms with Gasteiger partial charge in [0.2, 0.25) is 0 Å². The summed E-state index contributed by atoms with van der Waals surface area (Å²) < 4.78 is 36.0. The summed E-state index contributed by atoms with van der Waals surface area (Å²) in [6.45, 7) is 0.624. The van der Waals surface area contributed by atoms with Gasteiger partial charge in [0.05, 0.1) is 0 Å². The Hall–Kier alpha value is -0.250. The standard InChI is InChI=1S/C9H16F3N/c10-9(11,12)5-7-1-3-8(6-13)4-2-7/h7-8H,1-6,13H2. The van der Waals surface area contributed by atoms with Crippen LogP contribution >= 0.6 is 0 Å². The summed E-state index contributed by atoms with van der Waals surface area (Å²) in [5.74, 6) is 0.312. The molecule has 0 atom stereocenters. The van der Waals surface area contributed by atoms with Crippen LogP contribution in [0.5, 0.6) is 0 Å². The zero-order valence-electron chi connectivity index (χ0n) is 7.61. The molecular formula is C9H16F3N. The van der Waals surface area contributed by atoms with Crippen molar-refractivity contribution < 1.29 is 13.2 Å². The predicted octanol–water partition coefficient (Wildman–Crippen LogP) is 2.70. The average molecular weight is 195 g/mol. The van der Waals surface area contributed by atoms with E-state index in [2.05, 4.69) is 0 Å². The largest absolute Gasteiger partial charge is 0.389 e. The molecule has 78 valence electrons. The molecule has 0 aromatic heterocycles. The zero-order valence-corrected chi connectivity index (χ0v) is 7.61. The molecule has 1 rings (SSSR count). The maximum absolute atomic E-state index is 12.0. The summed E-state index contributed by atoms with van der Waals surface area (Å²) in [6, 6.07) is 0. The normalized spacial score (nSPS) is 30.5. The molecule has 1 saturated carbocycles. The summed E-state index contributed by atoms with van der Waals surface area (Å²) in [5.41, 5.74) is 5.45. The lowest BCUT2D eigenvalue weighted by Gasteiger charge is -2.28. The fraction of sp³-hybridized carbons (Fsp3) is 1.00. The quantitative estimate of drug-likeness (QED) is 0.720. The topological polar surface area (TPSA) is 26.0 Å². The maximum Gasteiger partial charge on any atom is 0.389 e. The van der Waals surface area contributed by atoms with Gasteiger partial charge in [0.1, 0.15) is 0 Å². The third-order valence-electron chi connectivity index (χ3n) is 2.82. The molecule has 0 aromatic carbocycles. The number of hydrogen-bond donors (Lipinski definition) is 1. The highest BCUT2D eigenvalue weighted by Gasteiger charge is 2.33. The van der Waals surface area contributed by atoms with E-state index in [4.69, 9.17) is 5.73 Å². The van der Waals surface area contributed by atoms with Crippen LogP contribution in [0.15, 0.2) is 0 Å². The lowest BCUT2D eigenvalue weighted by atomic mass is 9.80. The van der Waals surface area contributed by atoms with Crippen molar-refractivity contribution in [2.45, 2.75) is 38.3 Å². The minimum Gasteiger partial charge on any atom is -0.330 e. The molecule has 4 heteroatoms. The molecule has 0 spiro atoms. The van der Waals surface area contributed by atoms with Gasteiger partial charge in [-0.1, -0.05) is 0 Å². The van der Waals surface area contributed by atoms with Gasteiger partial charge in [-0.25, -0.2) is 0 Å². The molecule has 13 heavy (non-hydrogen) atoms. The van der Waals surface area contributed by atoms with E-state index in [1.54, 1.807) is 0 Å². The van der Waals surface area contributed by atoms with Crippen molar-refractivity contribution in [1.29, 1.82) is 0 Å². The van der Waals surface area contributed by atoms with Gasteiger partial charge in [-0.3, -0.25) is 0 Å². The molecule has 0 saturated heterocycles. The number of hydrogen-bond acceptors (Lipinski definition) is 1. The van der Waals surface area contributed by atoms with Gasteiger partial charge < -0.3 is 5.73 Å². The van der Waals surface area contributed by atoms with Gasteiger partial charge in [-0.15, -0.1) is 0 Å². The van der Waals surface area contributed by atoms with Crippen LogP contribution in [0.25, 0.3) is 0 Å². The van der Waals surface area contributed by atoms with Gasteiger partial charge in [0.25, 0.3) is 0 Å². The Morgan fingerprint density at radius 1 is 1.00 bits per heavy atom. The van der Waals surface area contributed by atoms with Gasteiger partial charge >= 0.3 is 6.18 Å². The number of alkyl halides is 3. The van der Waals surface area contributed by atoms with Gasteiger partial charge in [0.15, 0.2) is 0 Å². The third kappa shape index (κ3) is 3.98. The molecule has 1 aliphatic rings. The van der Waals surface area contributed by atoms with Crippen molar-refractivity contribution >= 4 is 0 Å². The van der Waals surface area contributed by atoms with Crippen molar-refractivity contribution in [2.75, 3.05) is 6.54 Å². The summed E-state index contributed by atoms with van der Waals surface area (Å²) in [5, 5.41) is 0. The van der Waals surface area contributed by atoms with Crippen molar-refractivity contribution in [3.8, 4) is 0 Å². The predicted molar refractivity (Wildman–Crippen MR) is 45.2 cm³/mol. The number of nitrogens with two attached hydrogens (primary N) is 1. The minimum absolute atomic E-state index is 0.150. The fourth-order valence-electron chi connectivity index (χ4n) is 2.00. The first-order valence-electron chi connectivity index (χ1n) is 4.78. The van der Waals surface area contributed by atoms with Crippen LogP contribution in [-0.4, -0.2) is 12.7 Å². The summed E-state index contributed by atoms with van der Waals surface area (Å²) >= 11 is 0. The van der Waals surface area contributed by atoms with Crippen molar-refractivity contribution in [3.05, 3.63) is 0 Å². The smallest absolute Gasteiger partial charge is 0.330 e. The van der Waals surface area contributed by atoms with Crippen LogP contribution < -0.4 is 5.73 Å². The Labute approximate surface area is 76.5 Å². The van der Waals surface area contributed by atoms with Crippen molar-refractivity contribution in [3.63, 3.8) is 0 Å². The van der Waals surface area contributed by atoms with E-state index in [0.29, 0.717) is 25.3 Å². The molecule has 0 bridgehead atoms. The number of rotatable bonds is 2.